The first kappa shape index (κ1) is 15.2. The fourth-order valence-corrected chi connectivity index (χ4v) is 3.23. The number of nitrogens with zero attached hydrogens (tertiary/aromatic N) is 1. The normalized spacial score (nSPS) is 19.2. The van der Waals surface area contributed by atoms with Crippen LogP contribution in [0.25, 0.3) is 0 Å². The Morgan fingerprint density at radius 1 is 1.40 bits per heavy atom. The highest BCUT2D eigenvalue weighted by Gasteiger charge is 2.17. The summed E-state index contributed by atoms with van der Waals surface area (Å²) < 4.78 is 5.77. The number of ether oxygens (including phenoxy) is 1. The van der Waals surface area contributed by atoms with E-state index in [4.69, 9.17) is 9.84 Å². The molecule has 0 spiro atoms. The molecule has 20 heavy (non-hydrogen) atoms. The Morgan fingerprint density at radius 2 is 2.20 bits per heavy atom. The molecule has 1 aliphatic heterocycles. The summed E-state index contributed by atoms with van der Waals surface area (Å²) in [4.78, 5) is 2.48. The average Bonchev–Trinajstić information content (AvgIpc) is 2.48. The minimum absolute atomic E-state index is 0.107. The van der Waals surface area contributed by atoms with E-state index in [1.54, 1.807) is 0 Å². The van der Waals surface area contributed by atoms with Crippen molar-refractivity contribution >= 4 is 11.8 Å². The number of hydrogen-bond acceptors (Lipinski definition) is 4. The smallest absolute Gasteiger partial charge is 0.119 e. The molecular formula is C16H21NO2S. The Balaban J connectivity index is 1.76. The largest absolute Gasteiger partial charge is 0.492 e. The van der Waals surface area contributed by atoms with Gasteiger partial charge < -0.3 is 9.84 Å². The molecule has 0 aliphatic carbocycles. The summed E-state index contributed by atoms with van der Waals surface area (Å²) in [5, 5.41) is 8.64. The molecule has 1 saturated heterocycles. The second kappa shape index (κ2) is 8.21. The molecule has 1 heterocycles. The van der Waals surface area contributed by atoms with Crippen molar-refractivity contribution < 1.29 is 9.84 Å². The van der Waals surface area contributed by atoms with Gasteiger partial charge in [0.1, 0.15) is 19.0 Å². The Bertz CT molecular complexity index is 464. The third kappa shape index (κ3) is 4.75. The molecule has 0 bridgehead atoms. The zero-order valence-electron chi connectivity index (χ0n) is 11.8. The van der Waals surface area contributed by atoms with Gasteiger partial charge in [-0.1, -0.05) is 11.8 Å². The van der Waals surface area contributed by atoms with Gasteiger partial charge in [0.25, 0.3) is 0 Å². The SMILES string of the molecule is CC1CSCCN1CCOc1ccc(C#CCO)cc1. The maximum atomic E-state index is 8.64. The Morgan fingerprint density at radius 3 is 2.90 bits per heavy atom. The molecule has 0 aromatic heterocycles. The van der Waals surface area contributed by atoms with Crippen LogP contribution in [0.1, 0.15) is 12.5 Å². The van der Waals surface area contributed by atoms with E-state index in [9.17, 15) is 0 Å². The standard InChI is InChI=1S/C16H21NO2S/c1-14-13-20-12-9-17(14)8-11-19-16-6-4-15(5-7-16)3-2-10-18/h4-7,14,18H,8-13H2,1H3. The van der Waals surface area contributed by atoms with Crippen molar-refractivity contribution in [2.24, 2.45) is 0 Å². The fourth-order valence-electron chi connectivity index (χ4n) is 2.15. The molecule has 1 aromatic rings. The molecule has 108 valence electrons. The van der Waals surface area contributed by atoms with Crippen LogP contribution in [0, 0.1) is 11.8 Å². The van der Waals surface area contributed by atoms with Gasteiger partial charge in [0, 0.05) is 36.2 Å². The predicted molar refractivity (Wildman–Crippen MR) is 84.3 cm³/mol. The highest BCUT2D eigenvalue weighted by atomic mass is 32.2. The van der Waals surface area contributed by atoms with E-state index in [1.807, 2.05) is 36.0 Å². The molecule has 1 N–H and O–H groups in total. The molecular weight excluding hydrogens is 270 g/mol. The first-order valence-electron chi connectivity index (χ1n) is 6.94. The monoisotopic (exact) mass is 291 g/mol. The van der Waals surface area contributed by atoms with Crippen LogP contribution in [0.5, 0.6) is 5.75 Å². The highest BCUT2D eigenvalue weighted by molar-refractivity contribution is 7.99. The van der Waals surface area contributed by atoms with Crippen LogP contribution in [0.2, 0.25) is 0 Å². The van der Waals surface area contributed by atoms with Crippen molar-refractivity contribution in [1.29, 1.82) is 0 Å². The molecule has 0 radical (unpaired) electrons. The minimum Gasteiger partial charge on any atom is -0.492 e. The maximum absolute atomic E-state index is 8.64. The van der Waals surface area contributed by atoms with E-state index in [-0.39, 0.29) is 6.61 Å². The number of rotatable bonds is 4. The van der Waals surface area contributed by atoms with Crippen LogP contribution >= 0.6 is 11.8 Å². The van der Waals surface area contributed by atoms with Crippen molar-refractivity contribution in [2.75, 3.05) is 37.8 Å². The molecule has 4 heteroatoms. The molecule has 2 rings (SSSR count). The van der Waals surface area contributed by atoms with Crippen LogP contribution in [0.15, 0.2) is 24.3 Å². The molecule has 1 atom stereocenters. The zero-order valence-corrected chi connectivity index (χ0v) is 12.7. The lowest BCUT2D eigenvalue weighted by Gasteiger charge is -2.32. The third-order valence-corrected chi connectivity index (χ3v) is 4.51. The molecule has 3 nitrogen and oxygen atoms in total. The van der Waals surface area contributed by atoms with Gasteiger partial charge in [0.05, 0.1) is 0 Å². The van der Waals surface area contributed by atoms with E-state index in [0.717, 1.165) is 31.0 Å². The van der Waals surface area contributed by atoms with Crippen LogP contribution in [-0.4, -0.2) is 53.9 Å². The lowest BCUT2D eigenvalue weighted by Crippen LogP contribution is -2.42. The van der Waals surface area contributed by atoms with Crippen molar-refractivity contribution in [3.63, 3.8) is 0 Å². The van der Waals surface area contributed by atoms with Crippen molar-refractivity contribution in [3.05, 3.63) is 29.8 Å². The van der Waals surface area contributed by atoms with E-state index in [2.05, 4.69) is 23.7 Å². The Labute approximate surface area is 125 Å². The lowest BCUT2D eigenvalue weighted by atomic mass is 10.2. The lowest BCUT2D eigenvalue weighted by molar-refractivity contribution is 0.183. The Kier molecular flexibility index (Phi) is 6.25. The van der Waals surface area contributed by atoms with Crippen LogP contribution in [-0.2, 0) is 0 Å². The van der Waals surface area contributed by atoms with Crippen LogP contribution in [0.3, 0.4) is 0 Å². The van der Waals surface area contributed by atoms with E-state index in [0.29, 0.717) is 6.04 Å². The van der Waals surface area contributed by atoms with Gasteiger partial charge in [0.15, 0.2) is 0 Å². The van der Waals surface area contributed by atoms with Crippen molar-refractivity contribution in [2.45, 2.75) is 13.0 Å². The second-order valence-electron chi connectivity index (χ2n) is 4.79. The zero-order chi connectivity index (χ0) is 14.2. The molecule has 1 aromatic carbocycles. The molecule has 1 fully saturated rings. The quantitative estimate of drug-likeness (QED) is 0.858. The Hall–Kier alpha value is -1.15. The minimum atomic E-state index is -0.107. The van der Waals surface area contributed by atoms with E-state index >= 15 is 0 Å². The first-order chi connectivity index (χ1) is 9.79. The van der Waals surface area contributed by atoms with Gasteiger partial charge >= 0.3 is 0 Å². The van der Waals surface area contributed by atoms with E-state index < -0.39 is 0 Å². The summed E-state index contributed by atoms with van der Waals surface area (Å²) in [7, 11) is 0. The summed E-state index contributed by atoms with van der Waals surface area (Å²) >= 11 is 2.03. The average molecular weight is 291 g/mol. The third-order valence-electron chi connectivity index (χ3n) is 3.32. The van der Waals surface area contributed by atoms with E-state index in [1.165, 1.54) is 11.5 Å². The first-order valence-corrected chi connectivity index (χ1v) is 8.09. The van der Waals surface area contributed by atoms with Gasteiger partial charge in [-0.2, -0.15) is 11.8 Å². The predicted octanol–water partition coefficient (Wildman–Crippen LogP) is 1.85. The van der Waals surface area contributed by atoms with Gasteiger partial charge in [-0.05, 0) is 31.2 Å². The number of benzene rings is 1. The summed E-state index contributed by atoms with van der Waals surface area (Å²) in [6, 6.07) is 8.33. The molecule has 0 saturated carbocycles. The maximum Gasteiger partial charge on any atom is 0.119 e. The van der Waals surface area contributed by atoms with Gasteiger partial charge in [-0.25, -0.2) is 0 Å². The van der Waals surface area contributed by atoms with Crippen LogP contribution < -0.4 is 4.74 Å². The van der Waals surface area contributed by atoms with Crippen molar-refractivity contribution in [3.8, 4) is 17.6 Å². The van der Waals surface area contributed by atoms with Gasteiger partial charge in [-0.15, -0.1) is 0 Å². The summed E-state index contributed by atoms with van der Waals surface area (Å²) in [6.45, 7) is 5.03. The summed E-state index contributed by atoms with van der Waals surface area (Å²) in [5.74, 6) is 8.82. The topological polar surface area (TPSA) is 32.7 Å². The van der Waals surface area contributed by atoms with Gasteiger partial charge in [0.2, 0.25) is 0 Å². The highest BCUT2D eigenvalue weighted by Crippen LogP contribution is 2.16. The molecule has 1 aliphatic rings. The number of hydrogen-bond donors (Lipinski definition) is 1. The number of aliphatic hydroxyl groups excluding tert-OH is 1. The summed E-state index contributed by atoms with van der Waals surface area (Å²) in [6.07, 6.45) is 0. The molecule has 0 amide bonds. The second-order valence-corrected chi connectivity index (χ2v) is 5.94. The summed E-state index contributed by atoms with van der Waals surface area (Å²) in [5.41, 5.74) is 0.896. The van der Waals surface area contributed by atoms with Crippen molar-refractivity contribution in [1.82, 2.24) is 4.90 Å². The molecule has 1 unspecified atom stereocenters. The number of thioether (sulfide) groups is 1. The fraction of sp³-hybridized carbons (Fsp3) is 0.500. The van der Waals surface area contributed by atoms with Crippen LogP contribution in [0.4, 0.5) is 0 Å². The number of aliphatic hydroxyl groups is 1. The van der Waals surface area contributed by atoms with Gasteiger partial charge in [-0.3, -0.25) is 4.90 Å².